The van der Waals surface area contributed by atoms with Crippen molar-refractivity contribution < 1.29 is 80.2 Å². The Morgan fingerprint density at radius 2 is 0.490 bits per heavy atom. The maximum Gasteiger partial charge on any atom is 0.472 e. The molecule has 19 heteroatoms. The fourth-order valence-electron chi connectivity index (χ4n) is 13.2. The van der Waals surface area contributed by atoms with Gasteiger partial charge in [0, 0.05) is 25.7 Å². The zero-order valence-corrected chi connectivity index (χ0v) is 70.1. The van der Waals surface area contributed by atoms with Crippen LogP contribution in [0.4, 0.5) is 0 Å². The number of aliphatic hydroxyl groups excluding tert-OH is 1. The van der Waals surface area contributed by atoms with E-state index in [4.69, 9.17) is 37.0 Å². The van der Waals surface area contributed by atoms with E-state index < -0.39 is 97.5 Å². The molecule has 0 amide bonds. The first-order valence-corrected chi connectivity index (χ1v) is 47.0. The molecule has 104 heavy (non-hydrogen) atoms. The van der Waals surface area contributed by atoms with E-state index in [-0.39, 0.29) is 25.7 Å². The minimum Gasteiger partial charge on any atom is -0.462 e. The quantitative estimate of drug-likeness (QED) is 0.0222. The minimum absolute atomic E-state index is 0.107. The molecule has 3 unspecified atom stereocenters. The fourth-order valence-corrected chi connectivity index (χ4v) is 14.8. The van der Waals surface area contributed by atoms with Gasteiger partial charge < -0.3 is 33.8 Å². The Morgan fingerprint density at radius 1 is 0.279 bits per heavy atom. The summed E-state index contributed by atoms with van der Waals surface area (Å²) in [5.74, 6) is -0.549. The van der Waals surface area contributed by atoms with Gasteiger partial charge in [0.2, 0.25) is 0 Å². The standard InChI is InChI=1S/C85H166O17P2/c1-7-10-12-14-16-18-20-22-24-26-28-30-32-34-39-43-51-57-63-69-84(89)101-80(73-95-82(87)67-61-55-49-42-38-33-31-29-27-25-23-21-19-17-15-13-11-8-2)75-99-103(91,92)97-71-79(86)72-98-104(93,94)100-76-81(74-96-83(88)68-62-56-50-46-45-48-54-60-66-78(6)9-3)102-85(90)70-64-58-52-44-40-36-35-37-41-47-53-59-65-77(4)5/h77-81,86H,7-76H2,1-6H3,(H,91,92)(H,93,94)/t78?,79-,80-,81-/m1/s1. The van der Waals surface area contributed by atoms with Gasteiger partial charge >= 0.3 is 39.5 Å². The van der Waals surface area contributed by atoms with Crippen LogP contribution in [0.3, 0.4) is 0 Å². The molecule has 3 N–H and O–H groups in total. The van der Waals surface area contributed by atoms with Crippen LogP contribution >= 0.6 is 15.6 Å². The highest BCUT2D eigenvalue weighted by Gasteiger charge is 2.30. The van der Waals surface area contributed by atoms with Gasteiger partial charge in [-0.3, -0.25) is 37.3 Å². The van der Waals surface area contributed by atoms with Crippen molar-refractivity contribution in [2.75, 3.05) is 39.6 Å². The van der Waals surface area contributed by atoms with Crippen LogP contribution in [0.25, 0.3) is 0 Å². The maximum absolute atomic E-state index is 13.1. The van der Waals surface area contributed by atoms with Crippen LogP contribution < -0.4 is 0 Å². The molecule has 0 aliphatic rings. The third-order valence-electron chi connectivity index (χ3n) is 20.3. The average molecular weight is 1520 g/mol. The van der Waals surface area contributed by atoms with Gasteiger partial charge in [-0.05, 0) is 37.5 Å². The second-order valence-electron chi connectivity index (χ2n) is 31.3. The predicted octanol–water partition coefficient (Wildman–Crippen LogP) is 25.8. The third-order valence-corrected chi connectivity index (χ3v) is 22.2. The van der Waals surface area contributed by atoms with Gasteiger partial charge in [-0.1, -0.05) is 401 Å². The lowest BCUT2D eigenvalue weighted by atomic mass is 9.99. The topological polar surface area (TPSA) is 237 Å². The van der Waals surface area contributed by atoms with Crippen LogP contribution in [-0.2, 0) is 65.4 Å². The Labute approximate surface area is 638 Å². The highest BCUT2D eigenvalue weighted by Crippen LogP contribution is 2.45. The van der Waals surface area contributed by atoms with E-state index in [1.165, 1.54) is 270 Å². The second kappa shape index (κ2) is 76.4. The van der Waals surface area contributed by atoms with Crippen LogP contribution in [0, 0.1) is 11.8 Å². The molecule has 0 spiro atoms. The summed E-state index contributed by atoms with van der Waals surface area (Å²) < 4.78 is 68.9. The van der Waals surface area contributed by atoms with Crippen molar-refractivity contribution in [1.82, 2.24) is 0 Å². The largest absolute Gasteiger partial charge is 0.472 e. The molecule has 0 aromatic carbocycles. The van der Waals surface area contributed by atoms with Crippen LogP contribution in [0.5, 0.6) is 0 Å². The van der Waals surface area contributed by atoms with Crippen molar-refractivity contribution in [1.29, 1.82) is 0 Å². The van der Waals surface area contributed by atoms with Crippen molar-refractivity contribution in [3.05, 3.63) is 0 Å². The summed E-state index contributed by atoms with van der Waals surface area (Å²) >= 11 is 0. The van der Waals surface area contributed by atoms with Gasteiger partial charge in [0.15, 0.2) is 12.2 Å². The number of phosphoric ester groups is 2. The molecule has 6 atom stereocenters. The van der Waals surface area contributed by atoms with Crippen LogP contribution in [-0.4, -0.2) is 96.7 Å². The zero-order valence-electron chi connectivity index (χ0n) is 68.3. The Hall–Kier alpha value is -1.94. The molecule has 0 aliphatic carbocycles. The SMILES string of the molecule is CCCCCCCCCCCCCCCCCCCCCC(=O)O[C@H](COC(=O)CCCCCCCCCCCCCCCCCCCC)COP(=O)(O)OC[C@@H](O)COP(=O)(O)OC[C@@H](COC(=O)CCCCCCCCCCC(C)CC)OC(=O)CCCCCCCCCCCCCCC(C)C. The van der Waals surface area contributed by atoms with E-state index >= 15 is 0 Å². The van der Waals surface area contributed by atoms with Gasteiger partial charge in [-0.25, -0.2) is 9.13 Å². The number of hydrogen-bond donors (Lipinski definition) is 3. The molecule has 0 saturated heterocycles. The lowest BCUT2D eigenvalue weighted by Gasteiger charge is -2.21. The van der Waals surface area contributed by atoms with Crippen LogP contribution in [0.1, 0.15) is 452 Å². The van der Waals surface area contributed by atoms with Crippen molar-refractivity contribution in [3.8, 4) is 0 Å². The van der Waals surface area contributed by atoms with Gasteiger partial charge in [-0.15, -0.1) is 0 Å². The minimum atomic E-state index is -4.97. The molecule has 0 bridgehead atoms. The Kier molecular flexibility index (Phi) is 75.0. The highest BCUT2D eigenvalue weighted by molar-refractivity contribution is 7.47. The Balaban J connectivity index is 5.26. The van der Waals surface area contributed by atoms with E-state index in [1.807, 2.05) is 0 Å². The molecule has 0 rings (SSSR count). The van der Waals surface area contributed by atoms with Crippen molar-refractivity contribution in [2.45, 2.75) is 471 Å². The lowest BCUT2D eigenvalue weighted by Crippen LogP contribution is -2.30. The van der Waals surface area contributed by atoms with Gasteiger partial charge in [0.25, 0.3) is 0 Å². The molecular weight excluding hydrogens is 1350 g/mol. The molecule has 0 saturated carbocycles. The third kappa shape index (κ3) is 76.8. The molecule has 0 fully saturated rings. The number of ether oxygens (including phenoxy) is 4. The molecule has 0 aliphatic heterocycles. The van der Waals surface area contributed by atoms with Gasteiger partial charge in [0.1, 0.15) is 19.3 Å². The Bertz CT molecular complexity index is 2000. The molecule has 0 aromatic heterocycles. The summed E-state index contributed by atoms with van der Waals surface area (Å²) in [5, 5.41) is 10.7. The molecule has 17 nitrogen and oxygen atoms in total. The lowest BCUT2D eigenvalue weighted by molar-refractivity contribution is -0.161. The summed E-state index contributed by atoms with van der Waals surface area (Å²) in [6, 6.07) is 0. The number of unbranched alkanes of at least 4 members (excludes halogenated alkanes) is 53. The number of aliphatic hydroxyl groups is 1. The maximum atomic E-state index is 13.1. The normalized spacial score (nSPS) is 14.1. The van der Waals surface area contributed by atoms with E-state index in [9.17, 15) is 43.2 Å². The molecule has 0 heterocycles. The Morgan fingerprint density at radius 3 is 0.731 bits per heavy atom. The van der Waals surface area contributed by atoms with Gasteiger partial charge in [0.05, 0.1) is 26.4 Å². The van der Waals surface area contributed by atoms with Gasteiger partial charge in [-0.2, -0.15) is 0 Å². The second-order valence-corrected chi connectivity index (χ2v) is 34.2. The van der Waals surface area contributed by atoms with Crippen molar-refractivity contribution in [3.63, 3.8) is 0 Å². The van der Waals surface area contributed by atoms with E-state index in [0.717, 1.165) is 102 Å². The number of carbonyl (C=O) groups is 4. The number of hydrogen-bond acceptors (Lipinski definition) is 15. The zero-order chi connectivity index (χ0) is 76.4. The van der Waals surface area contributed by atoms with Crippen molar-refractivity contribution in [2.24, 2.45) is 11.8 Å². The van der Waals surface area contributed by atoms with E-state index in [1.54, 1.807) is 0 Å². The first kappa shape index (κ1) is 102. The summed E-state index contributed by atoms with van der Waals surface area (Å²) in [4.78, 5) is 73.2. The van der Waals surface area contributed by atoms with E-state index in [0.29, 0.717) is 25.7 Å². The summed E-state index contributed by atoms with van der Waals surface area (Å²) in [7, 11) is -9.93. The summed E-state index contributed by atoms with van der Waals surface area (Å²) in [6.07, 6.45) is 67.9. The molecule has 618 valence electrons. The van der Waals surface area contributed by atoms with Crippen LogP contribution in [0.15, 0.2) is 0 Å². The van der Waals surface area contributed by atoms with Crippen molar-refractivity contribution >= 4 is 39.5 Å². The first-order valence-electron chi connectivity index (χ1n) is 44.0. The van der Waals surface area contributed by atoms with Crippen LogP contribution in [0.2, 0.25) is 0 Å². The fraction of sp³-hybridized carbons (Fsp3) is 0.953. The average Bonchev–Trinajstić information content (AvgIpc) is 0.915. The number of carbonyl (C=O) groups excluding carboxylic acids is 4. The molecule has 0 aromatic rings. The highest BCUT2D eigenvalue weighted by atomic mass is 31.2. The molecular formula is C85H166O17P2. The predicted molar refractivity (Wildman–Crippen MR) is 428 cm³/mol. The molecule has 0 radical (unpaired) electrons. The number of esters is 4. The number of phosphoric acid groups is 2. The van der Waals surface area contributed by atoms with E-state index in [2.05, 4.69) is 41.5 Å². The smallest absolute Gasteiger partial charge is 0.462 e. The number of rotatable bonds is 84. The monoisotopic (exact) mass is 1520 g/mol. The first-order chi connectivity index (χ1) is 50.4. The summed E-state index contributed by atoms with van der Waals surface area (Å²) in [5.41, 5.74) is 0. The summed E-state index contributed by atoms with van der Waals surface area (Å²) in [6.45, 7) is 9.68.